The van der Waals surface area contributed by atoms with Crippen molar-refractivity contribution in [1.82, 2.24) is 9.88 Å². The van der Waals surface area contributed by atoms with E-state index >= 15 is 0 Å². The van der Waals surface area contributed by atoms with E-state index in [1.165, 1.54) is 21.9 Å². The minimum atomic E-state index is -0.267. The van der Waals surface area contributed by atoms with Crippen molar-refractivity contribution in [3.63, 3.8) is 0 Å². The molecule has 4 rings (SSSR count). The van der Waals surface area contributed by atoms with Crippen LogP contribution in [0.5, 0.6) is 0 Å². The van der Waals surface area contributed by atoms with Gasteiger partial charge in [-0.05, 0) is 54.4 Å². The van der Waals surface area contributed by atoms with Gasteiger partial charge in [-0.3, -0.25) is 0 Å². The van der Waals surface area contributed by atoms with Crippen molar-refractivity contribution in [3.05, 3.63) is 71.4 Å². The van der Waals surface area contributed by atoms with Crippen molar-refractivity contribution in [1.29, 1.82) is 0 Å². The molecular formula is C25H26N2O2. The van der Waals surface area contributed by atoms with Crippen LogP contribution in [-0.4, -0.2) is 24.2 Å². The quantitative estimate of drug-likeness (QED) is 0.479. The lowest BCUT2D eigenvalue weighted by Gasteiger charge is -2.10. The molecule has 1 N–H and O–H groups in total. The van der Waals surface area contributed by atoms with Crippen LogP contribution in [0.2, 0.25) is 0 Å². The fourth-order valence-corrected chi connectivity index (χ4v) is 4.16. The zero-order valence-electron chi connectivity index (χ0n) is 17.4. The molecular weight excluding hydrogens is 360 g/mol. The van der Waals surface area contributed by atoms with Gasteiger partial charge in [0.15, 0.2) is 0 Å². The maximum Gasteiger partial charge on any atom is 0.340 e. The number of nitrogens with one attached hydrogen (secondary N) is 1. The average Bonchev–Trinajstić information content (AvgIpc) is 2.99. The van der Waals surface area contributed by atoms with Gasteiger partial charge in [0.2, 0.25) is 0 Å². The molecule has 3 aromatic carbocycles. The molecule has 0 fully saturated rings. The number of nitrogens with zero attached hydrogens (tertiary/aromatic N) is 1. The first-order chi connectivity index (χ1) is 14.0. The van der Waals surface area contributed by atoms with Gasteiger partial charge >= 0.3 is 5.97 Å². The molecule has 4 aromatic rings. The van der Waals surface area contributed by atoms with Gasteiger partial charge in [-0.2, -0.15) is 0 Å². The Bertz CT molecular complexity index is 1220. The van der Waals surface area contributed by atoms with E-state index in [1.807, 2.05) is 27.1 Å². The van der Waals surface area contributed by atoms with E-state index < -0.39 is 0 Å². The second kappa shape index (κ2) is 7.72. The number of aromatic nitrogens is 1. The molecule has 0 radical (unpaired) electrons. The molecule has 0 amide bonds. The summed E-state index contributed by atoms with van der Waals surface area (Å²) in [5.41, 5.74) is 6.20. The normalized spacial score (nSPS) is 11.3. The van der Waals surface area contributed by atoms with Gasteiger partial charge in [0.05, 0.1) is 12.2 Å². The summed E-state index contributed by atoms with van der Waals surface area (Å²) in [6.07, 6.45) is 0. The fourth-order valence-electron chi connectivity index (χ4n) is 4.16. The predicted octanol–water partition coefficient (Wildman–Crippen LogP) is 5.20. The first kappa shape index (κ1) is 19.2. The standard InChI is InChI=1S/C25H26N2O2/c1-5-29-25(28)24-20-11-10-18(14-22(20)27(4)23(24)15-26-3)21-13-16(2)12-17-8-6-7-9-19(17)21/h6-14,26H,5,15H2,1-4H3. The highest BCUT2D eigenvalue weighted by molar-refractivity contribution is 6.07. The number of aryl methyl sites for hydroxylation is 2. The Kier molecular flexibility index (Phi) is 5.12. The highest BCUT2D eigenvalue weighted by Gasteiger charge is 2.22. The number of hydrogen-bond acceptors (Lipinski definition) is 3. The minimum Gasteiger partial charge on any atom is -0.462 e. The second-order valence-corrected chi connectivity index (χ2v) is 7.40. The van der Waals surface area contributed by atoms with E-state index in [4.69, 9.17) is 4.74 Å². The Morgan fingerprint density at radius 1 is 1.07 bits per heavy atom. The summed E-state index contributed by atoms with van der Waals surface area (Å²) in [4.78, 5) is 12.7. The maximum absolute atomic E-state index is 12.7. The number of carbonyl (C=O) groups excluding carboxylic acids is 1. The summed E-state index contributed by atoms with van der Waals surface area (Å²) in [7, 11) is 3.90. The van der Waals surface area contributed by atoms with Gasteiger partial charge in [0.1, 0.15) is 0 Å². The Balaban J connectivity index is 1.96. The van der Waals surface area contributed by atoms with Gasteiger partial charge in [-0.1, -0.05) is 48.5 Å². The zero-order valence-corrected chi connectivity index (χ0v) is 17.4. The number of hydrogen-bond donors (Lipinski definition) is 1. The van der Waals surface area contributed by atoms with Crippen molar-refractivity contribution in [2.45, 2.75) is 20.4 Å². The van der Waals surface area contributed by atoms with Crippen LogP contribution in [0.4, 0.5) is 0 Å². The third-order valence-electron chi connectivity index (χ3n) is 5.46. The highest BCUT2D eigenvalue weighted by atomic mass is 16.5. The Hall–Kier alpha value is -3.11. The second-order valence-electron chi connectivity index (χ2n) is 7.40. The summed E-state index contributed by atoms with van der Waals surface area (Å²) in [6.45, 7) is 4.92. The third-order valence-corrected chi connectivity index (χ3v) is 5.46. The number of rotatable bonds is 5. The molecule has 4 heteroatoms. The van der Waals surface area contributed by atoms with E-state index in [0.29, 0.717) is 18.7 Å². The van der Waals surface area contributed by atoms with Crippen LogP contribution in [0.25, 0.3) is 32.8 Å². The first-order valence-electron chi connectivity index (χ1n) is 9.98. The summed E-state index contributed by atoms with van der Waals surface area (Å²) in [6, 6.07) is 19.2. The highest BCUT2D eigenvalue weighted by Crippen LogP contribution is 2.34. The van der Waals surface area contributed by atoms with Gasteiger partial charge in [0.25, 0.3) is 0 Å². The fraction of sp³-hybridized carbons (Fsp3) is 0.240. The molecule has 0 aliphatic rings. The van der Waals surface area contributed by atoms with Gasteiger partial charge in [-0.25, -0.2) is 4.79 Å². The molecule has 0 aliphatic carbocycles. The van der Waals surface area contributed by atoms with Gasteiger partial charge < -0.3 is 14.6 Å². The van der Waals surface area contributed by atoms with E-state index in [-0.39, 0.29) is 5.97 Å². The van der Waals surface area contributed by atoms with E-state index in [2.05, 4.69) is 65.3 Å². The first-order valence-corrected chi connectivity index (χ1v) is 9.98. The monoisotopic (exact) mass is 386 g/mol. The molecule has 4 nitrogen and oxygen atoms in total. The lowest BCUT2D eigenvalue weighted by atomic mass is 9.95. The third kappa shape index (κ3) is 3.30. The van der Waals surface area contributed by atoms with Gasteiger partial charge in [0, 0.05) is 30.2 Å². The van der Waals surface area contributed by atoms with Crippen molar-refractivity contribution < 1.29 is 9.53 Å². The number of fused-ring (bicyclic) bond motifs is 2. The Labute approximate surface area is 171 Å². The van der Waals surface area contributed by atoms with E-state index in [9.17, 15) is 4.79 Å². The molecule has 0 saturated heterocycles. The number of esters is 1. The maximum atomic E-state index is 12.7. The number of carbonyl (C=O) groups is 1. The lowest BCUT2D eigenvalue weighted by molar-refractivity contribution is 0.0527. The molecule has 0 unspecified atom stereocenters. The summed E-state index contributed by atoms with van der Waals surface area (Å²) >= 11 is 0. The zero-order chi connectivity index (χ0) is 20.5. The molecule has 0 aliphatic heterocycles. The average molecular weight is 386 g/mol. The number of benzene rings is 3. The summed E-state index contributed by atoms with van der Waals surface area (Å²) in [5.74, 6) is -0.267. The van der Waals surface area contributed by atoms with Crippen LogP contribution in [0.3, 0.4) is 0 Å². The Morgan fingerprint density at radius 3 is 2.62 bits per heavy atom. The smallest absolute Gasteiger partial charge is 0.340 e. The molecule has 148 valence electrons. The molecule has 0 saturated carbocycles. The lowest BCUT2D eigenvalue weighted by Crippen LogP contribution is -2.14. The van der Waals surface area contributed by atoms with Gasteiger partial charge in [-0.15, -0.1) is 0 Å². The summed E-state index contributed by atoms with van der Waals surface area (Å²) in [5, 5.41) is 6.56. The van der Waals surface area contributed by atoms with Crippen LogP contribution in [0, 0.1) is 6.92 Å². The van der Waals surface area contributed by atoms with Crippen LogP contribution in [-0.2, 0) is 18.3 Å². The largest absolute Gasteiger partial charge is 0.462 e. The van der Waals surface area contributed by atoms with Crippen molar-refractivity contribution >= 4 is 27.6 Å². The number of ether oxygens (including phenoxy) is 1. The Morgan fingerprint density at radius 2 is 1.86 bits per heavy atom. The molecule has 1 heterocycles. The van der Waals surface area contributed by atoms with E-state index in [0.717, 1.165) is 22.2 Å². The minimum absolute atomic E-state index is 0.267. The van der Waals surface area contributed by atoms with Crippen LogP contribution in [0.15, 0.2) is 54.6 Å². The molecule has 0 bridgehead atoms. The van der Waals surface area contributed by atoms with Crippen LogP contribution >= 0.6 is 0 Å². The van der Waals surface area contributed by atoms with E-state index in [1.54, 1.807) is 0 Å². The van der Waals surface area contributed by atoms with Crippen molar-refractivity contribution in [2.75, 3.05) is 13.7 Å². The topological polar surface area (TPSA) is 43.3 Å². The molecule has 0 atom stereocenters. The molecule has 1 aromatic heterocycles. The predicted molar refractivity (Wildman–Crippen MR) is 119 cm³/mol. The van der Waals surface area contributed by atoms with Crippen LogP contribution < -0.4 is 5.32 Å². The SMILES string of the molecule is CCOC(=O)c1c(CNC)n(C)c2cc(-c3cc(C)cc4ccccc34)ccc12. The van der Waals surface area contributed by atoms with Crippen molar-refractivity contribution in [2.24, 2.45) is 7.05 Å². The van der Waals surface area contributed by atoms with Crippen LogP contribution in [0.1, 0.15) is 28.5 Å². The molecule has 0 spiro atoms. The summed E-state index contributed by atoms with van der Waals surface area (Å²) < 4.78 is 7.44. The molecule has 29 heavy (non-hydrogen) atoms. The van der Waals surface area contributed by atoms with Crippen molar-refractivity contribution in [3.8, 4) is 11.1 Å².